The van der Waals surface area contributed by atoms with E-state index in [1.54, 1.807) is 0 Å². The Morgan fingerprint density at radius 1 is 1.00 bits per heavy atom. The maximum absolute atomic E-state index is 5.49. The summed E-state index contributed by atoms with van der Waals surface area (Å²) in [7, 11) is 0. The van der Waals surface area contributed by atoms with Gasteiger partial charge in [0.1, 0.15) is 0 Å². The molecule has 0 atom stereocenters. The van der Waals surface area contributed by atoms with Crippen molar-refractivity contribution >= 4 is 0 Å². The molecular formula is C16H17NO2. The molecule has 0 saturated carbocycles. The monoisotopic (exact) mass is 255 g/mol. The molecular weight excluding hydrogens is 238 g/mol. The summed E-state index contributed by atoms with van der Waals surface area (Å²) in [5, 5.41) is 3.43. The van der Waals surface area contributed by atoms with Crippen LogP contribution in [0.2, 0.25) is 0 Å². The molecule has 0 aromatic heterocycles. The largest absolute Gasteiger partial charge is 0.454 e. The molecule has 0 fully saturated rings. The summed E-state index contributed by atoms with van der Waals surface area (Å²) >= 11 is 0. The molecule has 1 heterocycles. The number of ether oxygens (including phenoxy) is 2. The molecule has 0 spiro atoms. The predicted octanol–water partition coefficient (Wildman–Crippen LogP) is 3.01. The Bertz CT molecular complexity index is 563. The van der Waals surface area contributed by atoms with Crippen LogP contribution in [0, 0.1) is 6.92 Å². The van der Waals surface area contributed by atoms with E-state index < -0.39 is 0 Å². The van der Waals surface area contributed by atoms with Gasteiger partial charge in [0.25, 0.3) is 0 Å². The van der Waals surface area contributed by atoms with Crippen molar-refractivity contribution in [1.82, 2.24) is 5.32 Å². The first-order valence-corrected chi connectivity index (χ1v) is 6.47. The smallest absolute Gasteiger partial charge is 0.231 e. The summed E-state index contributed by atoms with van der Waals surface area (Å²) in [6, 6.07) is 14.6. The first-order valence-electron chi connectivity index (χ1n) is 6.47. The van der Waals surface area contributed by atoms with E-state index in [0.29, 0.717) is 6.79 Å². The van der Waals surface area contributed by atoms with Crippen molar-refractivity contribution in [3.05, 3.63) is 59.2 Å². The van der Waals surface area contributed by atoms with Gasteiger partial charge in [-0.15, -0.1) is 0 Å². The molecule has 0 radical (unpaired) electrons. The molecule has 0 bridgehead atoms. The van der Waals surface area contributed by atoms with Gasteiger partial charge in [-0.25, -0.2) is 0 Å². The molecule has 2 aromatic rings. The van der Waals surface area contributed by atoms with Gasteiger partial charge >= 0.3 is 0 Å². The molecule has 3 rings (SSSR count). The van der Waals surface area contributed by atoms with Crippen LogP contribution in [0.3, 0.4) is 0 Å². The lowest BCUT2D eigenvalue weighted by Crippen LogP contribution is -2.13. The number of hydrogen-bond donors (Lipinski definition) is 1. The Hall–Kier alpha value is -2.00. The number of nitrogens with one attached hydrogen (secondary N) is 1. The van der Waals surface area contributed by atoms with Gasteiger partial charge in [-0.2, -0.15) is 0 Å². The first kappa shape index (κ1) is 12.1. The summed E-state index contributed by atoms with van der Waals surface area (Å²) in [6.45, 7) is 4.05. The maximum Gasteiger partial charge on any atom is 0.231 e. The molecule has 98 valence electrons. The quantitative estimate of drug-likeness (QED) is 0.911. The van der Waals surface area contributed by atoms with Crippen molar-refractivity contribution in [3.8, 4) is 11.5 Å². The number of fused-ring (bicyclic) bond motifs is 1. The Morgan fingerprint density at radius 2 is 1.84 bits per heavy atom. The lowest BCUT2D eigenvalue weighted by molar-refractivity contribution is 0.173. The third-order valence-electron chi connectivity index (χ3n) is 3.24. The topological polar surface area (TPSA) is 30.5 Å². The minimum absolute atomic E-state index is 0.324. The molecule has 0 unspecified atom stereocenters. The van der Waals surface area contributed by atoms with E-state index in [2.05, 4.69) is 42.6 Å². The van der Waals surface area contributed by atoms with Crippen molar-refractivity contribution < 1.29 is 9.47 Å². The third-order valence-corrected chi connectivity index (χ3v) is 3.24. The number of para-hydroxylation sites is 1. The number of hydrogen-bond acceptors (Lipinski definition) is 3. The maximum atomic E-state index is 5.49. The third kappa shape index (κ3) is 2.71. The fraction of sp³-hybridized carbons (Fsp3) is 0.250. The van der Waals surface area contributed by atoms with Crippen molar-refractivity contribution in [2.45, 2.75) is 20.0 Å². The Morgan fingerprint density at radius 3 is 2.68 bits per heavy atom. The molecule has 0 aliphatic carbocycles. The Balaban J connectivity index is 1.61. The van der Waals surface area contributed by atoms with E-state index in [-0.39, 0.29) is 0 Å². The molecule has 3 heteroatoms. The standard InChI is InChI=1S/C16H17NO2/c1-12-5-7-13(8-6-12)9-17-10-14-3-2-4-15-16(14)19-11-18-15/h2-8,17H,9-11H2,1H3. The highest BCUT2D eigenvalue weighted by Gasteiger charge is 2.16. The summed E-state index contributed by atoms with van der Waals surface area (Å²) in [4.78, 5) is 0. The van der Waals surface area contributed by atoms with Gasteiger partial charge in [0.15, 0.2) is 11.5 Å². The highest BCUT2D eigenvalue weighted by Crippen LogP contribution is 2.35. The highest BCUT2D eigenvalue weighted by atomic mass is 16.7. The molecule has 3 nitrogen and oxygen atoms in total. The van der Waals surface area contributed by atoms with Crippen molar-refractivity contribution in [3.63, 3.8) is 0 Å². The Kier molecular flexibility index (Phi) is 3.38. The molecule has 1 aliphatic heterocycles. The second-order valence-corrected chi connectivity index (χ2v) is 4.74. The van der Waals surface area contributed by atoms with Crippen molar-refractivity contribution in [2.24, 2.45) is 0 Å². The fourth-order valence-electron chi connectivity index (χ4n) is 2.18. The van der Waals surface area contributed by atoms with E-state index >= 15 is 0 Å². The summed E-state index contributed by atoms with van der Waals surface area (Å²) in [6.07, 6.45) is 0. The van der Waals surface area contributed by atoms with Crippen molar-refractivity contribution in [2.75, 3.05) is 6.79 Å². The average Bonchev–Trinajstić information content (AvgIpc) is 2.90. The van der Waals surface area contributed by atoms with Crippen LogP contribution in [0.4, 0.5) is 0 Å². The minimum Gasteiger partial charge on any atom is -0.454 e. The number of aryl methyl sites for hydroxylation is 1. The van der Waals surface area contributed by atoms with Gasteiger partial charge in [0.2, 0.25) is 6.79 Å². The fourth-order valence-corrected chi connectivity index (χ4v) is 2.18. The highest BCUT2D eigenvalue weighted by molar-refractivity contribution is 5.48. The number of benzene rings is 2. The molecule has 0 amide bonds. The van der Waals surface area contributed by atoms with E-state index in [4.69, 9.17) is 9.47 Å². The lowest BCUT2D eigenvalue weighted by atomic mass is 10.1. The summed E-state index contributed by atoms with van der Waals surface area (Å²) in [5.41, 5.74) is 3.72. The summed E-state index contributed by atoms with van der Waals surface area (Å²) in [5.74, 6) is 1.72. The van der Waals surface area contributed by atoms with Crippen molar-refractivity contribution in [1.29, 1.82) is 0 Å². The van der Waals surface area contributed by atoms with Crippen LogP contribution in [0.5, 0.6) is 11.5 Å². The van der Waals surface area contributed by atoms with E-state index in [1.807, 2.05) is 12.1 Å². The van der Waals surface area contributed by atoms with Crippen LogP contribution < -0.4 is 14.8 Å². The van der Waals surface area contributed by atoms with Gasteiger partial charge in [-0.3, -0.25) is 0 Å². The SMILES string of the molecule is Cc1ccc(CNCc2cccc3c2OCO3)cc1. The van der Waals surface area contributed by atoms with Gasteiger partial charge in [0.05, 0.1) is 0 Å². The van der Waals surface area contributed by atoms with Gasteiger partial charge in [0, 0.05) is 18.7 Å². The van der Waals surface area contributed by atoms with Crippen LogP contribution >= 0.6 is 0 Å². The van der Waals surface area contributed by atoms with Gasteiger partial charge in [-0.1, -0.05) is 42.0 Å². The van der Waals surface area contributed by atoms with E-state index in [0.717, 1.165) is 30.2 Å². The van der Waals surface area contributed by atoms with E-state index in [9.17, 15) is 0 Å². The Labute approximate surface area is 113 Å². The molecule has 1 N–H and O–H groups in total. The second-order valence-electron chi connectivity index (χ2n) is 4.74. The van der Waals surface area contributed by atoms with Gasteiger partial charge < -0.3 is 14.8 Å². The lowest BCUT2D eigenvalue weighted by Gasteiger charge is -2.08. The van der Waals surface area contributed by atoms with Crippen LogP contribution in [0.25, 0.3) is 0 Å². The predicted molar refractivity (Wildman–Crippen MR) is 74.3 cm³/mol. The van der Waals surface area contributed by atoms with E-state index in [1.165, 1.54) is 11.1 Å². The summed E-state index contributed by atoms with van der Waals surface area (Å²) < 4.78 is 10.9. The zero-order chi connectivity index (χ0) is 13.1. The molecule has 0 saturated heterocycles. The number of rotatable bonds is 4. The zero-order valence-corrected chi connectivity index (χ0v) is 11.0. The first-order chi connectivity index (χ1) is 9.33. The van der Waals surface area contributed by atoms with Crippen LogP contribution in [-0.2, 0) is 13.1 Å². The molecule has 1 aliphatic rings. The van der Waals surface area contributed by atoms with Crippen LogP contribution in [0.15, 0.2) is 42.5 Å². The average molecular weight is 255 g/mol. The van der Waals surface area contributed by atoms with Gasteiger partial charge in [-0.05, 0) is 18.6 Å². The van der Waals surface area contributed by atoms with Crippen LogP contribution in [0.1, 0.15) is 16.7 Å². The minimum atomic E-state index is 0.324. The van der Waals surface area contributed by atoms with Crippen LogP contribution in [-0.4, -0.2) is 6.79 Å². The molecule has 2 aromatic carbocycles. The second kappa shape index (κ2) is 5.33. The molecule has 19 heavy (non-hydrogen) atoms. The zero-order valence-electron chi connectivity index (χ0n) is 11.0. The normalized spacial score (nSPS) is 12.7.